The molecule has 2 rings (SSSR count). The van der Waals surface area contributed by atoms with Crippen molar-refractivity contribution < 1.29 is 4.79 Å². The molecule has 1 amide bonds. The van der Waals surface area contributed by atoms with E-state index in [2.05, 4.69) is 35.4 Å². The van der Waals surface area contributed by atoms with Crippen molar-refractivity contribution in [1.29, 1.82) is 0 Å². The van der Waals surface area contributed by atoms with E-state index >= 15 is 0 Å². The van der Waals surface area contributed by atoms with Gasteiger partial charge in [0, 0.05) is 15.4 Å². The predicted molar refractivity (Wildman–Crippen MR) is 77.4 cm³/mol. The van der Waals surface area contributed by atoms with Crippen LogP contribution in [0.3, 0.4) is 0 Å². The third kappa shape index (κ3) is 2.63. The molecule has 1 unspecified atom stereocenters. The van der Waals surface area contributed by atoms with Gasteiger partial charge in [-0.15, -0.1) is 11.3 Å². The molecule has 2 aromatic heterocycles. The van der Waals surface area contributed by atoms with Crippen molar-refractivity contribution in [3.05, 3.63) is 32.6 Å². The number of nitrogen functional groups attached to an aromatic ring is 1. The lowest BCUT2D eigenvalue weighted by atomic mass is 10.1. The van der Waals surface area contributed by atoms with Crippen molar-refractivity contribution in [3.8, 4) is 0 Å². The molecule has 0 saturated heterocycles. The number of rotatable bonds is 3. The molecule has 19 heavy (non-hydrogen) atoms. The fourth-order valence-electron chi connectivity index (χ4n) is 2.16. The maximum atomic E-state index is 12.2. The van der Waals surface area contributed by atoms with E-state index < -0.39 is 0 Å². The number of amides is 1. The first kappa shape index (κ1) is 13.6. The van der Waals surface area contributed by atoms with E-state index in [4.69, 9.17) is 5.73 Å². The number of carbonyl (C=O) groups excluding carboxylic acids is 1. The number of thiophene rings is 1. The molecule has 0 spiro atoms. The molecule has 0 aliphatic carbocycles. The second-order valence-corrected chi connectivity index (χ2v) is 6.13. The Kier molecular flexibility index (Phi) is 3.61. The van der Waals surface area contributed by atoms with Crippen molar-refractivity contribution >= 4 is 23.1 Å². The minimum Gasteiger partial charge on any atom is -0.382 e. The highest BCUT2D eigenvalue weighted by molar-refractivity contribution is 7.12. The Labute approximate surface area is 116 Å². The molecule has 6 heteroatoms. The summed E-state index contributed by atoms with van der Waals surface area (Å²) in [6, 6.07) is 2.06. The largest absolute Gasteiger partial charge is 0.382 e. The van der Waals surface area contributed by atoms with Gasteiger partial charge in [-0.05, 0) is 39.3 Å². The van der Waals surface area contributed by atoms with E-state index in [1.54, 1.807) is 18.3 Å². The maximum Gasteiger partial charge on any atom is 0.257 e. The van der Waals surface area contributed by atoms with Crippen LogP contribution in [-0.2, 0) is 0 Å². The summed E-state index contributed by atoms with van der Waals surface area (Å²) in [4.78, 5) is 14.7. The zero-order valence-electron chi connectivity index (χ0n) is 11.5. The van der Waals surface area contributed by atoms with E-state index in [1.807, 2.05) is 6.92 Å². The summed E-state index contributed by atoms with van der Waals surface area (Å²) >= 11 is 1.73. The molecule has 0 aliphatic rings. The van der Waals surface area contributed by atoms with Gasteiger partial charge in [0.15, 0.2) is 5.82 Å². The van der Waals surface area contributed by atoms with Crippen molar-refractivity contribution in [1.82, 2.24) is 15.5 Å². The fraction of sp³-hybridized carbons (Fsp3) is 0.385. The van der Waals surface area contributed by atoms with Gasteiger partial charge in [0.25, 0.3) is 5.91 Å². The Morgan fingerprint density at radius 1 is 1.47 bits per heavy atom. The van der Waals surface area contributed by atoms with Crippen molar-refractivity contribution in [2.75, 3.05) is 5.73 Å². The van der Waals surface area contributed by atoms with Crippen molar-refractivity contribution in [3.63, 3.8) is 0 Å². The van der Waals surface area contributed by atoms with Gasteiger partial charge in [-0.1, -0.05) is 0 Å². The number of hydrogen-bond donors (Lipinski definition) is 3. The van der Waals surface area contributed by atoms with Crippen molar-refractivity contribution in [2.45, 2.75) is 33.7 Å². The lowest BCUT2D eigenvalue weighted by Gasteiger charge is -2.14. The van der Waals surface area contributed by atoms with Crippen LogP contribution in [0.15, 0.2) is 6.07 Å². The fourth-order valence-corrected chi connectivity index (χ4v) is 3.18. The highest BCUT2D eigenvalue weighted by Gasteiger charge is 2.19. The number of hydrogen-bond acceptors (Lipinski definition) is 4. The minimum atomic E-state index is -0.195. The smallest absolute Gasteiger partial charge is 0.257 e. The summed E-state index contributed by atoms with van der Waals surface area (Å²) in [7, 11) is 0. The first-order valence-electron chi connectivity index (χ1n) is 6.08. The third-order valence-electron chi connectivity index (χ3n) is 3.10. The van der Waals surface area contributed by atoms with E-state index in [0.717, 1.165) is 5.56 Å². The van der Waals surface area contributed by atoms with Crippen LogP contribution in [0, 0.1) is 20.8 Å². The van der Waals surface area contributed by atoms with Gasteiger partial charge < -0.3 is 11.1 Å². The monoisotopic (exact) mass is 278 g/mol. The zero-order valence-corrected chi connectivity index (χ0v) is 12.3. The normalized spacial score (nSPS) is 12.4. The summed E-state index contributed by atoms with van der Waals surface area (Å²) in [5.74, 6) is 0.0416. The molecule has 0 bridgehead atoms. The van der Waals surface area contributed by atoms with Gasteiger partial charge in [0.05, 0.1) is 6.04 Å². The van der Waals surface area contributed by atoms with Crippen LogP contribution in [0.5, 0.6) is 0 Å². The standard InChI is InChI=1S/C13H18N4OS/c1-6-5-10(9(4)19-6)7(2)15-13(18)11-8(3)16-17-12(11)14/h5,7H,1-4H3,(H,15,18)(H3,14,16,17). The number of nitrogens with zero attached hydrogens (tertiary/aromatic N) is 1. The number of aryl methyl sites for hydroxylation is 3. The Morgan fingerprint density at radius 3 is 2.63 bits per heavy atom. The number of anilines is 1. The number of nitrogens with one attached hydrogen (secondary N) is 2. The number of nitrogens with two attached hydrogens (primary N) is 1. The molecule has 0 fully saturated rings. The number of carbonyl (C=O) groups is 1. The molecule has 0 saturated carbocycles. The molecule has 5 nitrogen and oxygen atoms in total. The van der Waals surface area contributed by atoms with Gasteiger partial charge in [0.2, 0.25) is 0 Å². The SMILES string of the molecule is Cc1cc(C(C)NC(=O)c2c(N)n[nH]c2C)c(C)s1. The average molecular weight is 278 g/mol. The van der Waals surface area contributed by atoms with Crippen LogP contribution in [0.25, 0.3) is 0 Å². The molecular formula is C13H18N4OS. The Bertz CT molecular complexity index is 595. The van der Waals surface area contributed by atoms with E-state index in [1.165, 1.54) is 9.75 Å². The van der Waals surface area contributed by atoms with Crippen LogP contribution in [0.4, 0.5) is 5.82 Å². The van der Waals surface area contributed by atoms with Crippen LogP contribution in [0.2, 0.25) is 0 Å². The van der Waals surface area contributed by atoms with Gasteiger partial charge >= 0.3 is 0 Å². The number of aromatic nitrogens is 2. The predicted octanol–water partition coefficient (Wildman–Crippen LogP) is 2.47. The highest BCUT2D eigenvalue weighted by atomic mass is 32.1. The zero-order chi connectivity index (χ0) is 14.2. The first-order valence-corrected chi connectivity index (χ1v) is 6.90. The van der Waals surface area contributed by atoms with Crippen LogP contribution >= 0.6 is 11.3 Å². The van der Waals surface area contributed by atoms with Crippen molar-refractivity contribution in [2.24, 2.45) is 0 Å². The maximum absolute atomic E-state index is 12.2. The van der Waals surface area contributed by atoms with Crippen LogP contribution in [-0.4, -0.2) is 16.1 Å². The third-order valence-corrected chi connectivity index (χ3v) is 4.08. The Morgan fingerprint density at radius 2 is 2.16 bits per heavy atom. The summed E-state index contributed by atoms with van der Waals surface area (Å²) < 4.78 is 0. The summed E-state index contributed by atoms with van der Waals surface area (Å²) in [5, 5.41) is 9.51. The second kappa shape index (κ2) is 5.05. The second-order valence-electron chi connectivity index (χ2n) is 4.67. The summed E-state index contributed by atoms with van der Waals surface area (Å²) in [6.45, 7) is 7.88. The molecule has 102 valence electrons. The molecule has 0 radical (unpaired) electrons. The number of aromatic amines is 1. The molecule has 2 heterocycles. The summed E-state index contributed by atoms with van der Waals surface area (Å²) in [5.41, 5.74) is 7.95. The topological polar surface area (TPSA) is 83.8 Å². The Balaban J connectivity index is 2.18. The minimum absolute atomic E-state index is 0.0499. The molecule has 1 atom stereocenters. The van der Waals surface area contributed by atoms with Gasteiger partial charge in [0.1, 0.15) is 5.56 Å². The van der Waals surface area contributed by atoms with Crippen LogP contribution < -0.4 is 11.1 Å². The lowest BCUT2D eigenvalue weighted by Crippen LogP contribution is -2.27. The van der Waals surface area contributed by atoms with Gasteiger partial charge in [-0.2, -0.15) is 5.10 Å². The first-order chi connectivity index (χ1) is 8.90. The molecule has 2 aromatic rings. The van der Waals surface area contributed by atoms with Gasteiger partial charge in [-0.3, -0.25) is 9.89 Å². The van der Waals surface area contributed by atoms with E-state index in [0.29, 0.717) is 11.3 Å². The van der Waals surface area contributed by atoms with Gasteiger partial charge in [-0.25, -0.2) is 0 Å². The average Bonchev–Trinajstić information content (AvgIpc) is 2.81. The van der Waals surface area contributed by atoms with E-state index in [-0.39, 0.29) is 17.8 Å². The lowest BCUT2D eigenvalue weighted by molar-refractivity contribution is 0.0940. The number of H-pyrrole nitrogens is 1. The Hall–Kier alpha value is -1.82. The van der Waals surface area contributed by atoms with E-state index in [9.17, 15) is 4.79 Å². The molecule has 0 aliphatic heterocycles. The highest BCUT2D eigenvalue weighted by Crippen LogP contribution is 2.26. The quantitative estimate of drug-likeness (QED) is 0.806. The molecule has 0 aromatic carbocycles. The molecule has 4 N–H and O–H groups in total. The van der Waals surface area contributed by atoms with Crippen LogP contribution in [0.1, 0.15) is 44.3 Å². The summed E-state index contributed by atoms with van der Waals surface area (Å²) in [6.07, 6.45) is 0. The molecular weight excluding hydrogens is 260 g/mol.